The molecule has 0 radical (unpaired) electrons. The van der Waals surface area contributed by atoms with Gasteiger partial charge in [0.05, 0.1) is 37.3 Å². The summed E-state index contributed by atoms with van der Waals surface area (Å²) in [6.07, 6.45) is -0.714. The quantitative estimate of drug-likeness (QED) is 0.0488. The van der Waals surface area contributed by atoms with Gasteiger partial charge >= 0.3 is 6.09 Å². The van der Waals surface area contributed by atoms with E-state index in [1.165, 1.54) is 13.0 Å². The first-order valence-corrected chi connectivity index (χ1v) is 32.7. The maximum Gasteiger partial charge on any atom is 0.408 e. The number of aromatic nitrogens is 6. The molecule has 3 atom stereocenters. The smallest absolute Gasteiger partial charge is 0.408 e. The van der Waals surface area contributed by atoms with Crippen LogP contribution in [0.15, 0.2) is 212 Å². The van der Waals surface area contributed by atoms with Crippen LogP contribution in [0.1, 0.15) is 41.5 Å². The number of halogens is 1. The normalized spacial score (nSPS) is 12.8. The number of H-pyrrole nitrogens is 3. The van der Waals surface area contributed by atoms with E-state index in [9.17, 15) is 39.6 Å². The lowest BCUT2D eigenvalue weighted by Crippen LogP contribution is -2.43. The van der Waals surface area contributed by atoms with Crippen molar-refractivity contribution in [3.8, 4) is 0 Å². The number of fused-ring (bicyclic) bond motifs is 6. The minimum absolute atomic E-state index is 0. The Morgan fingerprint density at radius 1 is 0.473 bits per heavy atom. The van der Waals surface area contributed by atoms with Gasteiger partial charge in [-0.25, -0.2) is 30.0 Å². The lowest BCUT2D eigenvalue weighted by molar-refractivity contribution is -0.118. The zero-order valence-electron chi connectivity index (χ0n) is 50.0. The average Bonchev–Trinajstić information content (AvgIpc) is 1.88. The maximum absolute atomic E-state index is 13.6. The topological polar surface area (TPSA) is 349 Å². The Hall–Kier alpha value is -9.76. The highest BCUT2D eigenvalue weighted by atomic mass is 35.5. The Kier molecular flexibility index (Phi) is 19.3. The molecule has 0 saturated heterocycles. The Labute approximate surface area is 530 Å². The van der Waals surface area contributed by atoms with Gasteiger partial charge in [0.2, 0.25) is 41.3 Å². The number of hydrogen-bond donors (Lipinski definition) is 9. The summed E-state index contributed by atoms with van der Waals surface area (Å²) in [4.78, 5) is 37.0. The molecule has 470 valence electrons. The highest BCUT2D eigenvalue weighted by molar-refractivity contribution is 7.92. The second-order valence-corrected chi connectivity index (χ2v) is 27.9. The van der Waals surface area contributed by atoms with E-state index in [0.29, 0.717) is 66.8 Å². The molecule has 26 heteroatoms. The van der Waals surface area contributed by atoms with Gasteiger partial charge in [0.25, 0.3) is 0 Å². The van der Waals surface area contributed by atoms with Gasteiger partial charge in [-0.1, -0.05) is 109 Å². The van der Waals surface area contributed by atoms with Crippen LogP contribution in [0.2, 0.25) is 0 Å². The van der Waals surface area contributed by atoms with Crippen molar-refractivity contribution in [1.82, 2.24) is 35.9 Å². The van der Waals surface area contributed by atoms with E-state index in [-0.39, 0.29) is 54.1 Å². The van der Waals surface area contributed by atoms with Crippen LogP contribution in [0.25, 0.3) is 65.0 Å². The van der Waals surface area contributed by atoms with Crippen LogP contribution in [0.3, 0.4) is 0 Å². The molecule has 12 rings (SSSR count). The lowest BCUT2D eigenvalue weighted by atomic mass is 10.1. The molecule has 91 heavy (non-hydrogen) atoms. The Balaban J connectivity index is 0.000000162. The van der Waals surface area contributed by atoms with Crippen molar-refractivity contribution in [3.63, 3.8) is 0 Å². The second-order valence-electron chi connectivity index (χ2n) is 22.3. The molecular formula is C65H65ClN12O10S3. The molecular weight excluding hydrogens is 1240 g/mol. The zero-order valence-corrected chi connectivity index (χ0v) is 53.2. The minimum Gasteiger partial charge on any atom is -0.444 e. The van der Waals surface area contributed by atoms with E-state index in [1.54, 1.807) is 131 Å². The number of anilines is 3. The number of alkyl carbamates (subject to hydrolysis) is 1. The third-order valence-corrected chi connectivity index (χ3v) is 19.5. The molecule has 12 aromatic rings. The first-order valence-electron chi connectivity index (χ1n) is 28.3. The molecule has 22 nitrogen and oxygen atoms in total. The molecule has 0 fully saturated rings. The van der Waals surface area contributed by atoms with E-state index >= 15 is 0 Å². The van der Waals surface area contributed by atoms with E-state index in [1.807, 2.05) is 79.7 Å². The summed E-state index contributed by atoms with van der Waals surface area (Å²) in [6, 6.07) is 51.0. The van der Waals surface area contributed by atoms with Crippen molar-refractivity contribution in [3.05, 3.63) is 182 Å². The highest BCUT2D eigenvalue weighted by Gasteiger charge is 2.29. The summed E-state index contributed by atoms with van der Waals surface area (Å²) in [5.74, 6) is -0.849. The zero-order chi connectivity index (χ0) is 64.3. The predicted molar refractivity (Wildman–Crippen MR) is 356 cm³/mol. The minimum atomic E-state index is -3.95. The number of nitrogens with zero attached hydrogens (tertiary/aromatic N) is 3. The fourth-order valence-electron chi connectivity index (χ4n) is 9.80. The second kappa shape index (κ2) is 26.7. The summed E-state index contributed by atoms with van der Waals surface area (Å²) in [5.41, 5.74) is 13.8. The van der Waals surface area contributed by atoms with Crippen molar-refractivity contribution >= 4 is 142 Å². The van der Waals surface area contributed by atoms with Crippen LogP contribution >= 0.6 is 12.4 Å². The number of benzene rings is 9. The Morgan fingerprint density at radius 2 is 0.813 bits per heavy atom. The number of nitrogens with two attached hydrogens (primary N) is 2. The van der Waals surface area contributed by atoms with Gasteiger partial charge in [0, 0.05) is 62.0 Å². The van der Waals surface area contributed by atoms with Crippen LogP contribution in [0.5, 0.6) is 0 Å². The number of ether oxygens (including phenoxy) is 1. The fraction of sp³-hybridized carbons (Fsp3) is 0.169. The maximum atomic E-state index is 13.6. The molecule has 3 heterocycles. The molecule has 0 aliphatic heterocycles. The standard InChI is InChI=1S/C25H26N4O5S.C20H18N4O3S.C20H20N4O2S.ClH/c1-15(26-24(31)34-25(2,3)4)22(30)27-17-12-13-20-19(14-17)23(29-28-20)35(32,33)21-11-7-9-16-8-5-6-10-18(16)21;1-12(21)19(25)22-14-9-10-17-16(11-14)20(24-23-17)28(26,27)18-8-4-6-13-5-2-3-7-15(13)18;1-13(21)12-22-15-9-10-18-17(11-15)20(24-23-18)27(25,26)19-8-4-6-14-5-2-3-7-16(14)19;/h5-15H,1-4H3,(H,26,31)(H,27,30)(H,28,29);2-12H,21H2,1H3,(H,22,25)(H,23,24);2-11,13,22H,12,21H2,1H3,(H,23,24);1H. The molecule has 0 bridgehead atoms. The number of carbonyl (C=O) groups excluding carboxylic acids is 3. The molecule has 11 N–H and O–H groups in total. The van der Waals surface area contributed by atoms with Crippen LogP contribution < -0.4 is 32.7 Å². The molecule has 0 aliphatic rings. The number of carbonyl (C=O) groups is 3. The number of amides is 3. The van der Waals surface area contributed by atoms with E-state index in [0.717, 1.165) is 21.8 Å². The fourth-order valence-corrected chi connectivity index (χ4v) is 14.5. The largest absolute Gasteiger partial charge is 0.444 e. The molecule has 9 aromatic carbocycles. The number of rotatable bonds is 14. The van der Waals surface area contributed by atoms with E-state index in [4.69, 9.17) is 16.2 Å². The predicted octanol–water partition coefficient (Wildman–Crippen LogP) is 11.0. The van der Waals surface area contributed by atoms with Gasteiger partial charge in [0.1, 0.15) is 11.6 Å². The van der Waals surface area contributed by atoms with Gasteiger partial charge in [-0.2, -0.15) is 15.3 Å². The Bertz CT molecular complexity index is 5070. The first kappa shape index (κ1) is 65.7. The van der Waals surface area contributed by atoms with Crippen molar-refractivity contribution in [2.45, 2.75) is 95.0 Å². The SMILES string of the molecule is CC(N)C(=O)Nc1ccc2n[nH]c(S(=O)(=O)c3cccc4ccccc34)c2c1.CC(N)CNc1ccc2n[nH]c(S(=O)(=O)c3cccc4ccccc34)c2c1.CC(NC(=O)OC(C)(C)C)C(=O)Nc1ccc2n[nH]c(S(=O)(=O)c3cccc4ccccc34)c2c1.Cl. The summed E-state index contributed by atoms with van der Waals surface area (Å²) in [5, 5.41) is 37.2. The van der Waals surface area contributed by atoms with Crippen molar-refractivity contribution < 1.29 is 44.4 Å². The van der Waals surface area contributed by atoms with Crippen LogP contribution in [0.4, 0.5) is 21.9 Å². The van der Waals surface area contributed by atoms with E-state index in [2.05, 4.69) is 51.9 Å². The third kappa shape index (κ3) is 14.3. The average molecular weight is 1310 g/mol. The van der Waals surface area contributed by atoms with Crippen LogP contribution in [-0.2, 0) is 43.8 Å². The molecule has 0 spiro atoms. The summed E-state index contributed by atoms with van der Waals surface area (Å²) >= 11 is 0. The van der Waals surface area contributed by atoms with Crippen molar-refractivity contribution in [2.24, 2.45) is 11.5 Å². The van der Waals surface area contributed by atoms with Gasteiger partial charge in [0.15, 0.2) is 15.1 Å². The molecule has 3 unspecified atom stereocenters. The summed E-state index contributed by atoms with van der Waals surface area (Å²) in [6.45, 7) is 10.8. The van der Waals surface area contributed by atoms with Gasteiger partial charge in [-0.15, -0.1) is 12.4 Å². The molecule has 3 aromatic heterocycles. The van der Waals surface area contributed by atoms with Gasteiger partial charge in [-0.05, 0) is 130 Å². The van der Waals surface area contributed by atoms with Crippen LogP contribution in [0, 0.1) is 0 Å². The van der Waals surface area contributed by atoms with Gasteiger partial charge in [-0.3, -0.25) is 24.9 Å². The Morgan fingerprint density at radius 3 is 1.18 bits per heavy atom. The molecule has 0 aliphatic carbocycles. The highest BCUT2D eigenvalue weighted by Crippen LogP contribution is 2.36. The summed E-state index contributed by atoms with van der Waals surface area (Å²) < 4.78 is 85.9. The number of aromatic amines is 3. The summed E-state index contributed by atoms with van der Waals surface area (Å²) in [7, 11) is -11.6. The number of sulfone groups is 3. The lowest BCUT2D eigenvalue weighted by Gasteiger charge is -2.21. The van der Waals surface area contributed by atoms with E-state index < -0.39 is 59.2 Å². The monoisotopic (exact) mass is 1300 g/mol. The van der Waals surface area contributed by atoms with Crippen LogP contribution in [-0.4, -0.2) is 104 Å². The van der Waals surface area contributed by atoms with Crippen molar-refractivity contribution in [1.29, 1.82) is 0 Å². The first-order chi connectivity index (χ1) is 42.8. The number of hydrogen-bond acceptors (Lipinski definition) is 16. The van der Waals surface area contributed by atoms with Crippen molar-refractivity contribution in [2.75, 3.05) is 22.5 Å². The number of nitrogens with one attached hydrogen (secondary N) is 7. The molecule has 0 saturated carbocycles. The third-order valence-electron chi connectivity index (χ3n) is 14.2. The van der Waals surface area contributed by atoms with Gasteiger partial charge < -0.3 is 37.5 Å². The molecule has 3 amide bonds.